The Morgan fingerprint density at radius 2 is 1.83 bits per heavy atom. The molecule has 0 heterocycles. The summed E-state index contributed by atoms with van der Waals surface area (Å²) in [7, 11) is 0. The van der Waals surface area contributed by atoms with Gasteiger partial charge in [-0.15, -0.1) is 0 Å². The summed E-state index contributed by atoms with van der Waals surface area (Å²) in [5, 5.41) is 3.32. The maximum Gasteiger partial charge on any atom is 0.119 e. The molecular formula is C15H25NO2. The van der Waals surface area contributed by atoms with E-state index in [2.05, 4.69) is 12.2 Å². The minimum atomic E-state index is 0.218. The van der Waals surface area contributed by atoms with Gasteiger partial charge < -0.3 is 14.8 Å². The molecule has 0 aliphatic heterocycles. The fourth-order valence-corrected chi connectivity index (χ4v) is 1.54. The van der Waals surface area contributed by atoms with Gasteiger partial charge in [0.05, 0.1) is 12.7 Å². The third-order valence-electron chi connectivity index (χ3n) is 2.44. The third-order valence-corrected chi connectivity index (χ3v) is 2.44. The number of unbranched alkanes of at least 4 members (excludes halogenated alkanes) is 1. The van der Waals surface area contributed by atoms with Crippen LogP contribution in [0.25, 0.3) is 0 Å². The highest BCUT2D eigenvalue weighted by Gasteiger charge is 1.97. The van der Waals surface area contributed by atoms with E-state index in [1.165, 1.54) is 6.42 Å². The lowest BCUT2D eigenvalue weighted by Gasteiger charge is -2.11. The molecule has 102 valence electrons. The first-order valence-electron chi connectivity index (χ1n) is 6.80. The van der Waals surface area contributed by atoms with Crippen LogP contribution in [-0.4, -0.2) is 25.9 Å². The van der Waals surface area contributed by atoms with E-state index in [9.17, 15) is 0 Å². The molecule has 0 fully saturated rings. The molecule has 3 nitrogen and oxygen atoms in total. The van der Waals surface area contributed by atoms with Crippen molar-refractivity contribution < 1.29 is 9.47 Å². The molecule has 18 heavy (non-hydrogen) atoms. The summed E-state index contributed by atoms with van der Waals surface area (Å²) < 4.78 is 11.1. The van der Waals surface area contributed by atoms with Crippen LogP contribution in [0.4, 0.5) is 5.69 Å². The number of anilines is 1. The molecular weight excluding hydrogens is 226 g/mol. The van der Waals surface area contributed by atoms with Crippen molar-refractivity contribution in [3.63, 3.8) is 0 Å². The van der Waals surface area contributed by atoms with E-state index in [1.54, 1.807) is 0 Å². The van der Waals surface area contributed by atoms with Crippen molar-refractivity contribution in [1.29, 1.82) is 0 Å². The first kappa shape index (κ1) is 14.8. The number of rotatable bonds is 9. The zero-order valence-electron chi connectivity index (χ0n) is 11.7. The fourth-order valence-electron chi connectivity index (χ4n) is 1.54. The van der Waals surface area contributed by atoms with Crippen LogP contribution in [0.15, 0.2) is 24.3 Å². The first-order valence-corrected chi connectivity index (χ1v) is 6.80. The van der Waals surface area contributed by atoms with Gasteiger partial charge in [0, 0.05) is 18.8 Å². The zero-order valence-corrected chi connectivity index (χ0v) is 11.7. The average Bonchev–Trinajstić information content (AvgIpc) is 2.35. The Balaban J connectivity index is 2.18. The minimum Gasteiger partial charge on any atom is -0.491 e. The topological polar surface area (TPSA) is 30.5 Å². The number of ether oxygens (including phenoxy) is 2. The lowest BCUT2D eigenvalue weighted by atomic mass is 10.3. The van der Waals surface area contributed by atoms with E-state index < -0.39 is 0 Å². The molecule has 1 aromatic carbocycles. The van der Waals surface area contributed by atoms with Crippen molar-refractivity contribution in [3.8, 4) is 5.75 Å². The molecule has 1 aromatic rings. The SMILES string of the molecule is CCCCOCCNc1ccc(OC(C)C)cc1. The van der Waals surface area contributed by atoms with E-state index in [-0.39, 0.29) is 6.10 Å². The van der Waals surface area contributed by atoms with E-state index in [1.807, 2.05) is 38.1 Å². The van der Waals surface area contributed by atoms with Gasteiger partial charge >= 0.3 is 0 Å². The number of benzene rings is 1. The number of hydrogen-bond donors (Lipinski definition) is 1. The Morgan fingerprint density at radius 1 is 1.11 bits per heavy atom. The number of hydrogen-bond acceptors (Lipinski definition) is 3. The molecule has 0 aromatic heterocycles. The van der Waals surface area contributed by atoms with Crippen LogP contribution in [0.2, 0.25) is 0 Å². The summed E-state index contributed by atoms with van der Waals surface area (Å²) in [6, 6.07) is 8.04. The molecule has 0 amide bonds. The maximum atomic E-state index is 5.59. The highest BCUT2D eigenvalue weighted by atomic mass is 16.5. The predicted molar refractivity (Wildman–Crippen MR) is 76.4 cm³/mol. The molecule has 3 heteroatoms. The summed E-state index contributed by atoms with van der Waals surface area (Å²) in [6.07, 6.45) is 2.54. The number of nitrogens with one attached hydrogen (secondary N) is 1. The Hall–Kier alpha value is -1.22. The van der Waals surface area contributed by atoms with Gasteiger partial charge in [-0.2, -0.15) is 0 Å². The van der Waals surface area contributed by atoms with Gasteiger partial charge in [0.15, 0.2) is 0 Å². The van der Waals surface area contributed by atoms with Gasteiger partial charge in [0.25, 0.3) is 0 Å². The minimum absolute atomic E-state index is 0.218. The summed E-state index contributed by atoms with van der Waals surface area (Å²) in [5.41, 5.74) is 1.10. The van der Waals surface area contributed by atoms with Gasteiger partial charge in [-0.25, -0.2) is 0 Å². The normalized spacial score (nSPS) is 10.7. The highest BCUT2D eigenvalue weighted by molar-refractivity contribution is 5.46. The molecule has 0 radical (unpaired) electrons. The van der Waals surface area contributed by atoms with Crippen molar-refractivity contribution in [2.45, 2.75) is 39.7 Å². The second-order valence-electron chi connectivity index (χ2n) is 4.58. The monoisotopic (exact) mass is 251 g/mol. The predicted octanol–water partition coefficient (Wildman–Crippen LogP) is 3.70. The largest absolute Gasteiger partial charge is 0.491 e. The van der Waals surface area contributed by atoms with Crippen molar-refractivity contribution in [2.75, 3.05) is 25.1 Å². The maximum absolute atomic E-state index is 5.59. The summed E-state index contributed by atoms with van der Waals surface area (Å²) >= 11 is 0. The molecule has 0 spiro atoms. The van der Waals surface area contributed by atoms with Crippen molar-refractivity contribution >= 4 is 5.69 Å². The molecule has 0 saturated carbocycles. The van der Waals surface area contributed by atoms with Gasteiger partial charge in [-0.3, -0.25) is 0 Å². The molecule has 0 aliphatic carbocycles. The van der Waals surface area contributed by atoms with Gasteiger partial charge in [0.2, 0.25) is 0 Å². The smallest absolute Gasteiger partial charge is 0.119 e. The zero-order chi connectivity index (χ0) is 13.2. The van der Waals surface area contributed by atoms with Gasteiger partial charge in [-0.05, 0) is 44.5 Å². The van der Waals surface area contributed by atoms with Crippen LogP contribution in [0.1, 0.15) is 33.6 Å². The van der Waals surface area contributed by atoms with Crippen LogP contribution in [-0.2, 0) is 4.74 Å². The lowest BCUT2D eigenvalue weighted by molar-refractivity contribution is 0.141. The van der Waals surface area contributed by atoms with Crippen LogP contribution in [0.3, 0.4) is 0 Å². The highest BCUT2D eigenvalue weighted by Crippen LogP contribution is 2.16. The average molecular weight is 251 g/mol. The lowest BCUT2D eigenvalue weighted by Crippen LogP contribution is -2.10. The van der Waals surface area contributed by atoms with Crippen LogP contribution < -0.4 is 10.1 Å². The molecule has 0 atom stereocenters. The molecule has 0 bridgehead atoms. The first-order chi connectivity index (χ1) is 8.72. The third kappa shape index (κ3) is 6.50. The molecule has 0 unspecified atom stereocenters. The van der Waals surface area contributed by atoms with Gasteiger partial charge in [0.1, 0.15) is 5.75 Å². The molecule has 1 N–H and O–H groups in total. The summed E-state index contributed by atoms with van der Waals surface area (Å²) in [5.74, 6) is 0.912. The Bertz CT molecular complexity index is 309. The fraction of sp³-hybridized carbons (Fsp3) is 0.600. The second kappa shape index (κ2) is 8.81. The second-order valence-corrected chi connectivity index (χ2v) is 4.58. The van der Waals surface area contributed by atoms with Crippen molar-refractivity contribution in [3.05, 3.63) is 24.3 Å². The van der Waals surface area contributed by atoms with Crippen molar-refractivity contribution in [1.82, 2.24) is 0 Å². The van der Waals surface area contributed by atoms with E-state index in [4.69, 9.17) is 9.47 Å². The van der Waals surface area contributed by atoms with Gasteiger partial charge in [-0.1, -0.05) is 13.3 Å². The molecule has 0 aliphatic rings. The van der Waals surface area contributed by atoms with E-state index in [0.29, 0.717) is 0 Å². The standard InChI is InChI=1S/C15H25NO2/c1-4-5-11-17-12-10-16-14-6-8-15(9-7-14)18-13(2)3/h6-9,13,16H,4-5,10-12H2,1-3H3. The van der Waals surface area contributed by atoms with Crippen LogP contribution >= 0.6 is 0 Å². The Labute approximate surface area is 110 Å². The molecule has 0 saturated heterocycles. The molecule has 1 rings (SSSR count). The quantitative estimate of drug-likeness (QED) is 0.679. The summed E-state index contributed by atoms with van der Waals surface area (Å²) in [4.78, 5) is 0. The van der Waals surface area contributed by atoms with E-state index in [0.717, 1.165) is 37.6 Å². The van der Waals surface area contributed by atoms with Crippen LogP contribution in [0.5, 0.6) is 5.75 Å². The van der Waals surface area contributed by atoms with Crippen molar-refractivity contribution in [2.24, 2.45) is 0 Å². The summed E-state index contributed by atoms with van der Waals surface area (Å²) in [6.45, 7) is 8.68. The Kier molecular flexibility index (Phi) is 7.26. The van der Waals surface area contributed by atoms with E-state index >= 15 is 0 Å². The Morgan fingerprint density at radius 3 is 2.44 bits per heavy atom. The van der Waals surface area contributed by atoms with Crippen LogP contribution in [0, 0.1) is 0 Å².